The van der Waals surface area contributed by atoms with Crippen LogP contribution < -0.4 is 14.8 Å². The van der Waals surface area contributed by atoms with Gasteiger partial charge in [-0.15, -0.1) is 0 Å². The predicted molar refractivity (Wildman–Crippen MR) is 80.7 cm³/mol. The second-order valence-corrected chi connectivity index (χ2v) is 5.12. The van der Waals surface area contributed by atoms with E-state index in [4.69, 9.17) is 9.47 Å². The average molecular weight is 277 g/mol. The molecular weight excluding hydrogens is 254 g/mol. The van der Waals surface area contributed by atoms with Gasteiger partial charge in [0.15, 0.2) is 11.5 Å². The van der Waals surface area contributed by atoms with Crippen LogP contribution in [0.15, 0.2) is 12.1 Å². The second kappa shape index (κ2) is 6.61. The standard InChI is InChI=1S/C15H23N3O2/c1-10(2)16-7-5-6-15-17-11-8-13(19-3)14(20-4)9-12(11)18-15/h8-10,16H,5-7H2,1-4H3,(H,17,18). The van der Waals surface area contributed by atoms with Gasteiger partial charge in [-0.05, 0) is 13.0 Å². The van der Waals surface area contributed by atoms with E-state index >= 15 is 0 Å². The van der Waals surface area contributed by atoms with Crippen molar-refractivity contribution in [2.24, 2.45) is 0 Å². The SMILES string of the molecule is COc1cc2nc(CCCNC(C)C)[nH]c2cc1OC. The third kappa shape index (κ3) is 3.42. The highest BCUT2D eigenvalue weighted by atomic mass is 16.5. The van der Waals surface area contributed by atoms with Crippen molar-refractivity contribution in [2.45, 2.75) is 32.7 Å². The molecule has 0 amide bonds. The summed E-state index contributed by atoms with van der Waals surface area (Å²) in [4.78, 5) is 7.93. The number of H-pyrrole nitrogens is 1. The van der Waals surface area contributed by atoms with Gasteiger partial charge in [-0.25, -0.2) is 4.98 Å². The summed E-state index contributed by atoms with van der Waals surface area (Å²) in [6.45, 7) is 5.31. The Kier molecular flexibility index (Phi) is 4.84. The van der Waals surface area contributed by atoms with Gasteiger partial charge in [0.1, 0.15) is 5.82 Å². The molecule has 5 nitrogen and oxygen atoms in total. The van der Waals surface area contributed by atoms with Crippen LogP contribution >= 0.6 is 0 Å². The molecule has 1 aromatic carbocycles. The highest BCUT2D eigenvalue weighted by Gasteiger charge is 2.09. The molecule has 1 heterocycles. The van der Waals surface area contributed by atoms with Crippen LogP contribution in [0.3, 0.4) is 0 Å². The second-order valence-electron chi connectivity index (χ2n) is 5.12. The van der Waals surface area contributed by atoms with Gasteiger partial charge in [0.25, 0.3) is 0 Å². The van der Waals surface area contributed by atoms with Gasteiger partial charge >= 0.3 is 0 Å². The summed E-state index contributed by atoms with van der Waals surface area (Å²) in [5.41, 5.74) is 1.89. The number of aromatic nitrogens is 2. The molecule has 20 heavy (non-hydrogen) atoms. The van der Waals surface area contributed by atoms with Gasteiger partial charge in [-0.1, -0.05) is 13.8 Å². The fourth-order valence-electron chi connectivity index (χ4n) is 2.15. The quantitative estimate of drug-likeness (QED) is 0.763. The molecule has 5 heteroatoms. The van der Waals surface area contributed by atoms with Crippen molar-refractivity contribution in [3.63, 3.8) is 0 Å². The Hall–Kier alpha value is -1.75. The zero-order valence-electron chi connectivity index (χ0n) is 12.6. The molecule has 2 N–H and O–H groups in total. The van der Waals surface area contributed by atoms with E-state index in [1.165, 1.54) is 0 Å². The number of hydrogen-bond acceptors (Lipinski definition) is 4. The molecular formula is C15H23N3O2. The number of rotatable bonds is 7. The van der Waals surface area contributed by atoms with E-state index < -0.39 is 0 Å². The highest BCUT2D eigenvalue weighted by Crippen LogP contribution is 2.31. The first-order valence-corrected chi connectivity index (χ1v) is 6.98. The molecule has 0 unspecified atom stereocenters. The smallest absolute Gasteiger partial charge is 0.163 e. The molecule has 0 saturated carbocycles. The van der Waals surface area contributed by atoms with Crippen molar-refractivity contribution in [3.8, 4) is 11.5 Å². The number of fused-ring (bicyclic) bond motifs is 1. The minimum Gasteiger partial charge on any atom is -0.493 e. The van der Waals surface area contributed by atoms with E-state index in [0.717, 1.165) is 42.0 Å². The van der Waals surface area contributed by atoms with Gasteiger partial charge in [0.05, 0.1) is 25.3 Å². The van der Waals surface area contributed by atoms with E-state index in [1.54, 1.807) is 14.2 Å². The fraction of sp³-hybridized carbons (Fsp3) is 0.533. The van der Waals surface area contributed by atoms with Gasteiger partial charge < -0.3 is 19.8 Å². The lowest BCUT2D eigenvalue weighted by Gasteiger charge is -2.06. The third-order valence-corrected chi connectivity index (χ3v) is 3.18. The van der Waals surface area contributed by atoms with E-state index in [9.17, 15) is 0 Å². The van der Waals surface area contributed by atoms with E-state index in [0.29, 0.717) is 11.8 Å². The number of hydrogen-bond donors (Lipinski definition) is 2. The maximum absolute atomic E-state index is 5.30. The molecule has 0 spiro atoms. The number of imidazole rings is 1. The van der Waals surface area contributed by atoms with Crippen molar-refractivity contribution < 1.29 is 9.47 Å². The van der Waals surface area contributed by atoms with Crippen molar-refractivity contribution in [3.05, 3.63) is 18.0 Å². The Morgan fingerprint density at radius 3 is 2.55 bits per heavy atom. The van der Waals surface area contributed by atoms with E-state index in [1.807, 2.05) is 12.1 Å². The molecule has 0 fully saturated rings. The Bertz CT molecular complexity index is 522. The third-order valence-electron chi connectivity index (χ3n) is 3.18. The average Bonchev–Trinajstić information content (AvgIpc) is 2.83. The zero-order valence-corrected chi connectivity index (χ0v) is 12.6. The summed E-state index contributed by atoms with van der Waals surface area (Å²) in [5.74, 6) is 2.43. The monoisotopic (exact) mass is 277 g/mol. The molecule has 0 aliphatic rings. The summed E-state index contributed by atoms with van der Waals surface area (Å²) >= 11 is 0. The summed E-state index contributed by atoms with van der Waals surface area (Å²) in [7, 11) is 3.27. The van der Waals surface area contributed by atoms with E-state index in [2.05, 4.69) is 29.1 Å². The zero-order chi connectivity index (χ0) is 14.5. The van der Waals surface area contributed by atoms with E-state index in [-0.39, 0.29) is 0 Å². The summed E-state index contributed by atoms with van der Waals surface area (Å²) in [6, 6.07) is 4.36. The van der Waals surface area contributed by atoms with Crippen molar-refractivity contribution in [1.82, 2.24) is 15.3 Å². The van der Waals surface area contributed by atoms with Crippen LogP contribution in [0, 0.1) is 0 Å². The predicted octanol–water partition coefficient (Wildman–Crippen LogP) is 2.51. The topological polar surface area (TPSA) is 59.2 Å². The van der Waals surface area contributed by atoms with Crippen LogP contribution in [0.2, 0.25) is 0 Å². The maximum Gasteiger partial charge on any atom is 0.163 e. The maximum atomic E-state index is 5.30. The summed E-state index contributed by atoms with van der Waals surface area (Å²) in [6.07, 6.45) is 1.99. The fourth-order valence-corrected chi connectivity index (χ4v) is 2.15. The van der Waals surface area contributed by atoms with Crippen LogP contribution in [0.4, 0.5) is 0 Å². The molecule has 0 atom stereocenters. The van der Waals surface area contributed by atoms with Crippen molar-refractivity contribution in [1.29, 1.82) is 0 Å². The van der Waals surface area contributed by atoms with Crippen LogP contribution in [0.1, 0.15) is 26.1 Å². The molecule has 110 valence electrons. The van der Waals surface area contributed by atoms with Crippen LogP contribution in [0.5, 0.6) is 11.5 Å². The number of aryl methyl sites for hydroxylation is 1. The van der Waals surface area contributed by atoms with Gasteiger partial charge in [-0.3, -0.25) is 0 Å². The Labute approximate surface area is 119 Å². The molecule has 2 rings (SSSR count). The first kappa shape index (κ1) is 14.7. The molecule has 0 aliphatic heterocycles. The first-order valence-electron chi connectivity index (χ1n) is 6.98. The lowest BCUT2D eigenvalue weighted by Crippen LogP contribution is -2.24. The van der Waals surface area contributed by atoms with Crippen LogP contribution in [0.25, 0.3) is 11.0 Å². The lowest BCUT2D eigenvalue weighted by atomic mass is 10.3. The number of nitrogens with zero attached hydrogens (tertiary/aromatic N) is 1. The number of aromatic amines is 1. The van der Waals surface area contributed by atoms with Gasteiger partial charge in [-0.2, -0.15) is 0 Å². The van der Waals surface area contributed by atoms with Crippen LogP contribution in [-0.4, -0.2) is 36.8 Å². The normalized spacial score (nSPS) is 11.2. The number of ether oxygens (including phenoxy) is 2. The number of methoxy groups -OCH3 is 2. The molecule has 0 bridgehead atoms. The summed E-state index contributed by atoms with van der Waals surface area (Å²) < 4.78 is 10.6. The summed E-state index contributed by atoms with van der Waals surface area (Å²) in [5, 5.41) is 3.40. The van der Waals surface area contributed by atoms with Gasteiger partial charge in [0, 0.05) is 24.6 Å². The number of nitrogens with one attached hydrogen (secondary N) is 2. The molecule has 1 aromatic heterocycles. The molecule has 2 aromatic rings. The minimum absolute atomic E-state index is 0.527. The Morgan fingerprint density at radius 2 is 1.90 bits per heavy atom. The largest absolute Gasteiger partial charge is 0.493 e. The van der Waals surface area contributed by atoms with Gasteiger partial charge in [0.2, 0.25) is 0 Å². The molecule has 0 radical (unpaired) electrons. The minimum atomic E-state index is 0.527. The number of benzene rings is 1. The Morgan fingerprint density at radius 1 is 1.20 bits per heavy atom. The van der Waals surface area contributed by atoms with Crippen molar-refractivity contribution in [2.75, 3.05) is 20.8 Å². The lowest BCUT2D eigenvalue weighted by molar-refractivity contribution is 0.356. The van der Waals surface area contributed by atoms with Crippen molar-refractivity contribution >= 4 is 11.0 Å². The molecule has 0 saturated heterocycles. The molecule has 0 aliphatic carbocycles. The van der Waals surface area contributed by atoms with Crippen LogP contribution in [-0.2, 0) is 6.42 Å². The Balaban J connectivity index is 2.08. The first-order chi connectivity index (χ1) is 9.63. The highest BCUT2D eigenvalue weighted by molar-refractivity contribution is 5.79.